The van der Waals surface area contributed by atoms with Gasteiger partial charge in [-0.3, -0.25) is 14.4 Å². The molecule has 3 saturated heterocycles. The number of halogens is 1. The Morgan fingerprint density at radius 3 is 2.51 bits per heavy atom. The third-order valence-corrected chi connectivity index (χ3v) is 8.37. The topological polar surface area (TPSA) is 96.4 Å². The van der Waals surface area contributed by atoms with Crippen molar-refractivity contribution in [2.24, 2.45) is 17.3 Å². The van der Waals surface area contributed by atoms with E-state index in [0.29, 0.717) is 13.0 Å². The molecule has 3 aliphatic rings. The highest BCUT2D eigenvalue weighted by molar-refractivity contribution is 9.09. The molecule has 1 spiro atoms. The van der Waals surface area contributed by atoms with Gasteiger partial charge in [-0.05, 0) is 46.0 Å². The van der Waals surface area contributed by atoms with Gasteiger partial charge in [-0.25, -0.2) is 0 Å². The van der Waals surface area contributed by atoms with Crippen molar-refractivity contribution in [3.05, 3.63) is 12.7 Å². The van der Waals surface area contributed by atoms with E-state index in [1.807, 2.05) is 13.8 Å². The summed E-state index contributed by atoms with van der Waals surface area (Å²) in [6.07, 6.45) is 2.27. The molecule has 0 radical (unpaired) electrons. The van der Waals surface area contributed by atoms with Gasteiger partial charge in [-0.15, -0.1) is 6.58 Å². The van der Waals surface area contributed by atoms with Gasteiger partial charge in [0.15, 0.2) is 0 Å². The Bertz CT molecular complexity index is 870. The number of nitrogens with zero attached hydrogens (tertiary/aromatic N) is 2. The molecule has 9 heteroatoms. The zero-order valence-corrected chi connectivity index (χ0v) is 23.6. The molecule has 198 valence electrons. The van der Waals surface area contributed by atoms with E-state index >= 15 is 0 Å². The molecule has 3 unspecified atom stereocenters. The van der Waals surface area contributed by atoms with Crippen molar-refractivity contribution in [3.8, 4) is 0 Å². The van der Waals surface area contributed by atoms with Crippen LogP contribution in [0.4, 0.5) is 0 Å². The van der Waals surface area contributed by atoms with Gasteiger partial charge in [0.1, 0.15) is 11.6 Å². The van der Waals surface area contributed by atoms with Crippen LogP contribution in [0.3, 0.4) is 0 Å². The molecular weight excluding hydrogens is 516 g/mol. The zero-order chi connectivity index (χ0) is 26.5. The third-order valence-electron chi connectivity index (χ3n) is 7.53. The van der Waals surface area contributed by atoms with Crippen LogP contribution >= 0.6 is 15.9 Å². The SMILES string of the molecule is C=CCN(C(=O)C1N([C@H](C)CO)C(=O)[C@@H]2[C@H](C(=O)OCC)[C@H]3OC12CC3Br)C(C)(C)CC(C)(C)C. The third kappa shape index (κ3) is 4.68. The lowest BCUT2D eigenvalue weighted by Crippen LogP contribution is -2.62. The van der Waals surface area contributed by atoms with Gasteiger partial charge in [0, 0.05) is 16.9 Å². The van der Waals surface area contributed by atoms with Crippen molar-refractivity contribution in [3.63, 3.8) is 0 Å². The Hall–Kier alpha value is -1.45. The molecule has 0 saturated carbocycles. The van der Waals surface area contributed by atoms with Crippen LogP contribution in [0.15, 0.2) is 12.7 Å². The number of esters is 1. The van der Waals surface area contributed by atoms with Crippen LogP contribution in [0.2, 0.25) is 0 Å². The predicted molar refractivity (Wildman–Crippen MR) is 136 cm³/mol. The van der Waals surface area contributed by atoms with E-state index < -0.39 is 47.1 Å². The first-order valence-corrected chi connectivity index (χ1v) is 13.4. The van der Waals surface area contributed by atoms with Crippen LogP contribution in [-0.4, -0.2) is 86.6 Å². The Morgan fingerprint density at radius 1 is 1.37 bits per heavy atom. The molecule has 0 aliphatic carbocycles. The minimum Gasteiger partial charge on any atom is -0.466 e. The van der Waals surface area contributed by atoms with Gasteiger partial charge in [-0.2, -0.15) is 0 Å². The number of hydrogen-bond donors (Lipinski definition) is 1. The first-order chi connectivity index (χ1) is 16.2. The minimum absolute atomic E-state index is 0.0497. The average molecular weight is 558 g/mol. The highest BCUT2D eigenvalue weighted by Crippen LogP contribution is 2.60. The summed E-state index contributed by atoms with van der Waals surface area (Å²) in [5.41, 5.74) is -1.77. The molecule has 0 aromatic heterocycles. The fraction of sp³-hybridized carbons (Fsp3) is 0.808. The van der Waals surface area contributed by atoms with Crippen molar-refractivity contribution in [2.75, 3.05) is 19.8 Å². The average Bonchev–Trinajstić information content (AvgIpc) is 3.32. The lowest BCUT2D eigenvalue weighted by Gasteiger charge is -2.46. The zero-order valence-electron chi connectivity index (χ0n) is 22.0. The van der Waals surface area contributed by atoms with Gasteiger partial charge in [0.05, 0.1) is 37.2 Å². The highest BCUT2D eigenvalue weighted by atomic mass is 79.9. The van der Waals surface area contributed by atoms with Gasteiger partial charge in [0.2, 0.25) is 11.8 Å². The Balaban J connectivity index is 2.12. The van der Waals surface area contributed by atoms with Crippen LogP contribution in [-0.2, 0) is 23.9 Å². The number of carbonyl (C=O) groups is 3. The number of carbonyl (C=O) groups excluding carboxylic acids is 3. The number of ether oxygens (including phenoxy) is 2. The van der Waals surface area contributed by atoms with E-state index in [0.717, 1.165) is 6.42 Å². The molecule has 3 heterocycles. The van der Waals surface area contributed by atoms with E-state index in [4.69, 9.17) is 9.47 Å². The molecule has 2 amide bonds. The highest BCUT2D eigenvalue weighted by Gasteiger charge is 2.77. The molecule has 35 heavy (non-hydrogen) atoms. The number of amides is 2. The normalized spacial score (nSPS) is 33.0. The maximum absolute atomic E-state index is 14.5. The van der Waals surface area contributed by atoms with Crippen LogP contribution in [0.5, 0.6) is 0 Å². The molecule has 0 aromatic rings. The van der Waals surface area contributed by atoms with E-state index in [1.54, 1.807) is 24.8 Å². The van der Waals surface area contributed by atoms with Crippen LogP contribution < -0.4 is 0 Å². The van der Waals surface area contributed by atoms with E-state index in [2.05, 4.69) is 43.3 Å². The summed E-state index contributed by atoms with van der Waals surface area (Å²) < 4.78 is 11.8. The van der Waals surface area contributed by atoms with Gasteiger partial charge in [0.25, 0.3) is 0 Å². The van der Waals surface area contributed by atoms with Crippen LogP contribution in [0, 0.1) is 17.3 Å². The molecule has 1 N–H and O–H groups in total. The van der Waals surface area contributed by atoms with Crippen LogP contribution in [0.25, 0.3) is 0 Å². The van der Waals surface area contributed by atoms with E-state index in [1.165, 1.54) is 4.90 Å². The fourth-order valence-electron chi connectivity index (χ4n) is 6.72. The smallest absolute Gasteiger partial charge is 0.312 e. The van der Waals surface area contributed by atoms with E-state index in [-0.39, 0.29) is 35.3 Å². The Labute approximate surface area is 217 Å². The second-order valence-corrected chi connectivity index (χ2v) is 13.2. The lowest BCUT2D eigenvalue weighted by atomic mass is 9.70. The van der Waals surface area contributed by atoms with Gasteiger partial charge < -0.3 is 24.4 Å². The summed E-state index contributed by atoms with van der Waals surface area (Å²) in [4.78, 5) is 44.4. The first kappa shape index (κ1) is 28.1. The van der Waals surface area contributed by atoms with Crippen molar-refractivity contribution in [2.45, 2.75) is 95.5 Å². The number of alkyl halides is 1. The monoisotopic (exact) mass is 556 g/mol. The maximum Gasteiger partial charge on any atom is 0.312 e. The van der Waals surface area contributed by atoms with Gasteiger partial charge >= 0.3 is 5.97 Å². The second-order valence-electron chi connectivity index (χ2n) is 12.0. The molecule has 3 aliphatic heterocycles. The predicted octanol–water partition coefficient (Wildman–Crippen LogP) is 2.91. The quantitative estimate of drug-likeness (QED) is 0.266. The molecule has 2 bridgehead atoms. The minimum atomic E-state index is -1.18. The van der Waals surface area contributed by atoms with Crippen molar-refractivity contribution < 1.29 is 29.0 Å². The molecule has 3 fully saturated rings. The van der Waals surface area contributed by atoms with Crippen molar-refractivity contribution in [1.82, 2.24) is 9.80 Å². The second kappa shape index (κ2) is 9.78. The molecule has 7 atom stereocenters. The summed E-state index contributed by atoms with van der Waals surface area (Å²) >= 11 is 3.65. The number of fused-ring (bicyclic) bond motifs is 1. The number of aliphatic hydroxyl groups excluding tert-OH is 1. The standard InChI is InChI=1S/C26H41BrN2O6/c1-9-11-28(25(7,8)14-24(4,5)6)22(32)20-26-12-16(27)19(35-26)17(23(33)34-10-2)18(26)21(31)29(20)15(3)13-30/h9,15-20,30H,1,10-14H2,2-8H3/t15-,16?,17+,18+,19+,20?,26?/m1/s1. The largest absolute Gasteiger partial charge is 0.466 e. The van der Waals surface area contributed by atoms with Crippen molar-refractivity contribution >= 4 is 33.7 Å². The van der Waals surface area contributed by atoms with Gasteiger partial charge in [-0.1, -0.05) is 42.8 Å². The molecule has 0 aromatic carbocycles. The van der Waals surface area contributed by atoms with Crippen molar-refractivity contribution in [1.29, 1.82) is 0 Å². The lowest BCUT2D eigenvalue weighted by molar-refractivity contribution is -0.157. The van der Waals surface area contributed by atoms with E-state index in [9.17, 15) is 19.5 Å². The Morgan fingerprint density at radius 2 is 2.00 bits per heavy atom. The number of rotatable bonds is 9. The number of hydrogen-bond acceptors (Lipinski definition) is 6. The maximum atomic E-state index is 14.5. The summed E-state index contributed by atoms with van der Waals surface area (Å²) in [7, 11) is 0. The number of aliphatic hydroxyl groups is 1. The summed E-state index contributed by atoms with van der Waals surface area (Å²) in [5, 5.41) is 10.0. The molecule has 8 nitrogen and oxygen atoms in total. The summed E-state index contributed by atoms with van der Waals surface area (Å²) in [6.45, 7) is 17.9. The Kier molecular flexibility index (Phi) is 7.86. The molecule has 3 rings (SSSR count). The summed E-state index contributed by atoms with van der Waals surface area (Å²) in [6, 6.07) is -1.59. The summed E-state index contributed by atoms with van der Waals surface area (Å²) in [5.74, 6) is -2.71. The molecular formula is C26H41BrN2O6. The number of likely N-dealkylation sites (tertiary alicyclic amines) is 1. The fourth-order valence-corrected chi connectivity index (χ4v) is 7.66. The first-order valence-electron chi connectivity index (χ1n) is 12.5. The van der Waals surface area contributed by atoms with Crippen LogP contribution in [0.1, 0.15) is 61.3 Å².